The minimum absolute atomic E-state index is 0.202. The van der Waals surface area contributed by atoms with Gasteiger partial charge in [-0.1, -0.05) is 41.4 Å². The van der Waals surface area contributed by atoms with Gasteiger partial charge in [-0.2, -0.15) is 0 Å². The van der Waals surface area contributed by atoms with E-state index in [1.54, 1.807) is 11.0 Å². The Kier molecular flexibility index (Phi) is 6.37. The number of piperazine rings is 1. The Bertz CT molecular complexity index is 946. The Hall–Kier alpha value is -1.96. The molecule has 150 valence electrons. The monoisotopic (exact) mass is 441 g/mol. The number of amides is 1. The van der Waals surface area contributed by atoms with Crippen LogP contribution in [0, 0.1) is 0 Å². The van der Waals surface area contributed by atoms with Gasteiger partial charge in [0.2, 0.25) is 15.9 Å². The lowest BCUT2D eigenvalue weighted by Gasteiger charge is -2.37. The van der Waals surface area contributed by atoms with Crippen LogP contribution in [-0.2, 0) is 14.8 Å². The SMILES string of the molecule is CS(=O)(=O)N(CC(=O)N1CCN(c2ccccc2)CC1)c1cc(Cl)ccc1Cl. The second-order valence-corrected chi connectivity index (χ2v) is 9.32. The molecular weight excluding hydrogens is 421 g/mol. The number of carbonyl (C=O) groups is 1. The van der Waals surface area contributed by atoms with Crippen LogP contribution in [0.2, 0.25) is 10.0 Å². The fraction of sp³-hybridized carbons (Fsp3) is 0.316. The van der Waals surface area contributed by atoms with Crippen LogP contribution in [0.15, 0.2) is 48.5 Å². The minimum Gasteiger partial charge on any atom is -0.368 e. The highest BCUT2D eigenvalue weighted by Gasteiger charge is 2.28. The highest BCUT2D eigenvalue weighted by Crippen LogP contribution is 2.30. The van der Waals surface area contributed by atoms with E-state index in [1.165, 1.54) is 12.1 Å². The molecule has 0 N–H and O–H groups in total. The third-order valence-corrected chi connectivity index (χ3v) is 6.29. The summed E-state index contributed by atoms with van der Waals surface area (Å²) in [5.74, 6) is -0.269. The number of hydrogen-bond acceptors (Lipinski definition) is 4. The summed E-state index contributed by atoms with van der Waals surface area (Å²) >= 11 is 12.1. The van der Waals surface area contributed by atoms with E-state index in [1.807, 2.05) is 30.3 Å². The fourth-order valence-electron chi connectivity index (χ4n) is 3.13. The lowest BCUT2D eigenvalue weighted by Crippen LogP contribution is -2.52. The van der Waals surface area contributed by atoms with E-state index in [4.69, 9.17) is 23.2 Å². The van der Waals surface area contributed by atoms with Gasteiger partial charge in [-0.05, 0) is 30.3 Å². The first-order valence-corrected chi connectivity index (χ1v) is 11.4. The molecule has 0 aromatic heterocycles. The number of para-hydroxylation sites is 1. The topological polar surface area (TPSA) is 60.9 Å². The van der Waals surface area contributed by atoms with Gasteiger partial charge in [0.25, 0.3) is 0 Å². The van der Waals surface area contributed by atoms with E-state index in [0.717, 1.165) is 16.2 Å². The molecule has 1 saturated heterocycles. The van der Waals surface area contributed by atoms with Crippen molar-refractivity contribution in [2.75, 3.05) is 48.2 Å². The number of carbonyl (C=O) groups excluding carboxylic acids is 1. The van der Waals surface area contributed by atoms with Crippen LogP contribution in [0.3, 0.4) is 0 Å². The van der Waals surface area contributed by atoms with Gasteiger partial charge >= 0.3 is 0 Å². The minimum atomic E-state index is -3.71. The quantitative estimate of drug-likeness (QED) is 0.714. The normalized spacial score (nSPS) is 14.8. The summed E-state index contributed by atoms with van der Waals surface area (Å²) < 4.78 is 25.6. The van der Waals surface area contributed by atoms with E-state index in [2.05, 4.69) is 4.90 Å². The summed E-state index contributed by atoms with van der Waals surface area (Å²) in [6.07, 6.45) is 1.05. The lowest BCUT2D eigenvalue weighted by atomic mass is 10.2. The van der Waals surface area contributed by atoms with E-state index in [0.29, 0.717) is 31.2 Å². The van der Waals surface area contributed by atoms with Crippen molar-refractivity contribution in [1.82, 2.24) is 4.90 Å². The van der Waals surface area contributed by atoms with Crippen LogP contribution in [0.25, 0.3) is 0 Å². The number of nitrogens with zero attached hydrogens (tertiary/aromatic N) is 3. The number of sulfonamides is 1. The third kappa shape index (κ3) is 4.90. The van der Waals surface area contributed by atoms with Gasteiger partial charge in [0.05, 0.1) is 17.0 Å². The van der Waals surface area contributed by atoms with Gasteiger partial charge in [-0.3, -0.25) is 9.10 Å². The van der Waals surface area contributed by atoms with Crippen LogP contribution in [-0.4, -0.2) is 58.2 Å². The second-order valence-electron chi connectivity index (χ2n) is 6.57. The molecule has 1 heterocycles. The number of anilines is 2. The average molecular weight is 442 g/mol. The van der Waals surface area contributed by atoms with Crippen LogP contribution < -0.4 is 9.21 Å². The molecule has 28 heavy (non-hydrogen) atoms. The third-order valence-electron chi connectivity index (χ3n) is 4.61. The molecule has 0 unspecified atom stereocenters. The molecule has 0 saturated carbocycles. The second kappa shape index (κ2) is 8.59. The Morgan fingerprint density at radius 3 is 2.29 bits per heavy atom. The van der Waals surface area contributed by atoms with E-state index >= 15 is 0 Å². The highest BCUT2D eigenvalue weighted by molar-refractivity contribution is 7.92. The van der Waals surface area contributed by atoms with Crippen LogP contribution in [0.4, 0.5) is 11.4 Å². The molecule has 3 rings (SSSR count). The zero-order valence-electron chi connectivity index (χ0n) is 15.4. The maximum atomic E-state index is 12.8. The average Bonchev–Trinajstić information content (AvgIpc) is 2.68. The molecular formula is C19H21Cl2N3O3S. The van der Waals surface area contributed by atoms with Gasteiger partial charge < -0.3 is 9.80 Å². The Morgan fingerprint density at radius 2 is 1.68 bits per heavy atom. The largest absolute Gasteiger partial charge is 0.368 e. The van der Waals surface area contributed by atoms with Crippen LogP contribution in [0.5, 0.6) is 0 Å². The van der Waals surface area contributed by atoms with Gasteiger partial charge in [0.1, 0.15) is 6.54 Å². The zero-order valence-corrected chi connectivity index (χ0v) is 17.7. The summed E-state index contributed by atoms with van der Waals surface area (Å²) in [6.45, 7) is 2.10. The molecule has 1 amide bonds. The predicted octanol–water partition coefficient (Wildman–Crippen LogP) is 3.11. The smallest absolute Gasteiger partial charge is 0.243 e. The molecule has 2 aromatic rings. The van der Waals surface area contributed by atoms with Crippen molar-refractivity contribution in [3.05, 3.63) is 58.6 Å². The summed E-state index contributed by atoms with van der Waals surface area (Å²) in [7, 11) is -3.71. The van der Waals surface area contributed by atoms with Gasteiger partial charge in [-0.25, -0.2) is 8.42 Å². The zero-order chi connectivity index (χ0) is 20.3. The van der Waals surface area contributed by atoms with Crippen molar-refractivity contribution >= 4 is 50.5 Å². The predicted molar refractivity (Wildman–Crippen MR) is 114 cm³/mol. The van der Waals surface area contributed by atoms with E-state index in [9.17, 15) is 13.2 Å². The molecule has 1 fully saturated rings. The summed E-state index contributed by atoms with van der Waals surface area (Å²) in [4.78, 5) is 16.7. The molecule has 1 aliphatic rings. The maximum absolute atomic E-state index is 12.8. The molecule has 1 aliphatic heterocycles. The van der Waals surface area contributed by atoms with Gasteiger partial charge in [0.15, 0.2) is 0 Å². The summed E-state index contributed by atoms with van der Waals surface area (Å²) in [5.41, 5.74) is 1.31. The molecule has 0 bridgehead atoms. The highest BCUT2D eigenvalue weighted by atomic mass is 35.5. The molecule has 6 nitrogen and oxygen atoms in total. The maximum Gasteiger partial charge on any atom is 0.243 e. The van der Waals surface area contributed by atoms with Gasteiger partial charge in [-0.15, -0.1) is 0 Å². The Morgan fingerprint density at radius 1 is 1.04 bits per heavy atom. The van der Waals surface area contributed by atoms with Crippen molar-refractivity contribution in [3.63, 3.8) is 0 Å². The Labute approximate surface area is 175 Å². The molecule has 0 atom stereocenters. The first-order chi connectivity index (χ1) is 13.3. The fourth-order valence-corrected chi connectivity index (χ4v) is 4.42. The van der Waals surface area contributed by atoms with Crippen molar-refractivity contribution in [2.24, 2.45) is 0 Å². The number of rotatable bonds is 5. The first kappa shape index (κ1) is 20.8. The lowest BCUT2D eigenvalue weighted by molar-refractivity contribution is -0.129. The van der Waals surface area contributed by atoms with Crippen molar-refractivity contribution in [3.8, 4) is 0 Å². The molecule has 9 heteroatoms. The summed E-state index contributed by atoms with van der Waals surface area (Å²) in [5, 5.41) is 0.563. The van der Waals surface area contributed by atoms with Gasteiger partial charge in [0, 0.05) is 36.9 Å². The van der Waals surface area contributed by atoms with Crippen molar-refractivity contribution in [2.45, 2.75) is 0 Å². The van der Waals surface area contributed by atoms with Crippen molar-refractivity contribution < 1.29 is 13.2 Å². The van der Waals surface area contributed by atoms with Crippen LogP contribution >= 0.6 is 23.2 Å². The summed E-state index contributed by atoms with van der Waals surface area (Å²) in [6, 6.07) is 14.5. The van der Waals surface area contributed by atoms with Crippen LogP contribution in [0.1, 0.15) is 0 Å². The standard InChI is InChI=1S/C19H21Cl2N3O3S/c1-28(26,27)24(18-13-15(20)7-8-17(18)21)14-19(25)23-11-9-22(10-12-23)16-5-3-2-4-6-16/h2-8,13H,9-12,14H2,1H3. The van der Waals surface area contributed by atoms with E-state index < -0.39 is 10.0 Å². The van der Waals surface area contributed by atoms with Crippen molar-refractivity contribution in [1.29, 1.82) is 0 Å². The molecule has 0 spiro atoms. The number of hydrogen-bond donors (Lipinski definition) is 0. The number of benzene rings is 2. The Balaban J connectivity index is 1.71. The number of halogens is 2. The first-order valence-electron chi connectivity index (χ1n) is 8.76. The van der Waals surface area contributed by atoms with E-state index in [-0.39, 0.29) is 23.2 Å². The molecule has 0 aliphatic carbocycles. The molecule has 2 aromatic carbocycles. The molecule has 0 radical (unpaired) electrons.